The first-order valence-electron chi connectivity index (χ1n) is 23.3. The topological polar surface area (TPSA) is 35.6 Å². The summed E-state index contributed by atoms with van der Waals surface area (Å²) in [5, 5.41) is 17.9. The fraction of sp³-hybridized carbons (Fsp3) is 0. The van der Waals surface area contributed by atoms with E-state index in [1.165, 1.54) is 81.4 Å². The van der Waals surface area contributed by atoms with E-state index in [-0.39, 0.29) is 0 Å². The molecule has 0 spiro atoms. The Morgan fingerprint density at radius 2 is 0.868 bits per heavy atom. The summed E-state index contributed by atoms with van der Waals surface area (Å²) >= 11 is 0. The first kappa shape index (κ1) is 37.1. The summed E-state index contributed by atoms with van der Waals surface area (Å²) in [4.78, 5) is 10.9. The first-order chi connectivity index (χ1) is 33.7. The number of hydrogen-bond donors (Lipinski definition) is 0. The van der Waals surface area contributed by atoms with E-state index in [1.807, 2.05) is 0 Å². The lowest BCUT2D eigenvalue weighted by Gasteiger charge is -2.16. The second-order valence-electron chi connectivity index (χ2n) is 18.1. The van der Waals surface area contributed by atoms with Gasteiger partial charge in [0, 0.05) is 54.2 Å². The summed E-state index contributed by atoms with van der Waals surface area (Å²) < 4.78 is 4.96. The van der Waals surface area contributed by atoms with Gasteiger partial charge in [-0.2, -0.15) is 0 Å². The Labute approximate surface area is 390 Å². The second-order valence-corrected chi connectivity index (χ2v) is 18.1. The molecule has 0 atom stereocenters. The monoisotopic (exact) mass is 862 g/mol. The predicted molar refractivity (Wildman–Crippen MR) is 287 cm³/mol. The Kier molecular flexibility index (Phi) is 7.75. The summed E-state index contributed by atoms with van der Waals surface area (Å²) in [6.07, 6.45) is 0. The molecule has 15 rings (SSSR count). The minimum Gasteiger partial charge on any atom is -0.309 e. The molecule has 68 heavy (non-hydrogen) atoms. The van der Waals surface area contributed by atoms with Gasteiger partial charge in [0.2, 0.25) is 0 Å². The lowest BCUT2D eigenvalue weighted by atomic mass is 9.94. The van der Waals surface area contributed by atoms with Crippen molar-refractivity contribution >= 4 is 108 Å². The van der Waals surface area contributed by atoms with Crippen LogP contribution in [0.15, 0.2) is 231 Å². The molecule has 0 saturated heterocycles. The molecular formula is C64H38N4. The van der Waals surface area contributed by atoms with Crippen molar-refractivity contribution < 1.29 is 0 Å². The van der Waals surface area contributed by atoms with Gasteiger partial charge >= 0.3 is 0 Å². The number of para-hydroxylation sites is 3. The molecule has 0 bridgehead atoms. The smallest absolute Gasteiger partial charge is 0.160 e. The molecule has 0 aliphatic rings. The summed E-state index contributed by atoms with van der Waals surface area (Å²) in [7, 11) is 0. The normalized spacial score (nSPS) is 12.1. The zero-order valence-electron chi connectivity index (χ0n) is 36.7. The van der Waals surface area contributed by atoms with Crippen LogP contribution in [0.5, 0.6) is 0 Å². The van der Waals surface area contributed by atoms with Crippen LogP contribution >= 0.6 is 0 Å². The highest BCUT2D eigenvalue weighted by molar-refractivity contribution is 6.21. The molecule has 0 radical (unpaired) electrons. The van der Waals surface area contributed by atoms with Gasteiger partial charge in [-0.3, -0.25) is 0 Å². The highest BCUT2D eigenvalue weighted by Crippen LogP contribution is 2.43. The molecule has 0 aliphatic heterocycles. The summed E-state index contributed by atoms with van der Waals surface area (Å²) in [6.45, 7) is 0. The number of rotatable bonds is 4. The summed E-state index contributed by atoms with van der Waals surface area (Å²) in [6, 6.07) is 84.0. The highest BCUT2D eigenvalue weighted by atomic mass is 15.0. The van der Waals surface area contributed by atoms with E-state index >= 15 is 0 Å². The van der Waals surface area contributed by atoms with Crippen LogP contribution in [0.25, 0.3) is 142 Å². The number of nitrogens with zero attached hydrogens (tertiary/aromatic N) is 4. The average molecular weight is 863 g/mol. The van der Waals surface area contributed by atoms with Crippen molar-refractivity contribution in [2.24, 2.45) is 0 Å². The maximum absolute atomic E-state index is 5.57. The van der Waals surface area contributed by atoms with E-state index in [0.29, 0.717) is 5.82 Å². The minimum absolute atomic E-state index is 0.692. The van der Waals surface area contributed by atoms with Crippen molar-refractivity contribution in [3.63, 3.8) is 0 Å². The first-order valence-corrected chi connectivity index (χ1v) is 23.3. The molecule has 0 aliphatic carbocycles. The van der Waals surface area contributed by atoms with Crippen molar-refractivity contribution in [3.8, 4) is 34.0 Å². The van der Waals surface area contributed by atoms with Crippen LogP contribution in [0.2, 0.25) is 0 Å². The lowest BCUT2D eigenvalue weighted by molar-refractivity contribution is 1.19. The fourth-order valence-electron chi connectivity index (χ4n) is 11.4. The number of aromatic nitrogens is 4. The van der Waals surface area contributed by atoms with Crippen LogP contribution in [0.4, 0.5) is 0 Å². The van der Waals surface area contributed by atoms with Crippen LogP contribution in [-0.2, 0) is 0 Å². The van der Waals surface area contributed by atoms with Gasteiger partial charge in [-0.15, -0.1) is 0 Å². The maximum atomic E-state index is 5.57. The largest absolute Gasteiger partial charge is 0.309 e. The van der Waals surface area contributed by atoms with Crippen molar-refractivity contribution in [1.29, 1.82) is 0 Å². The van der Waals surface area contributed by atoms with E-state index in [0.717, 1.165) is 55.2 Å². The highest BCUT2D eigenvalue weighted by Gasteiger charge is 2.22. The average Bonchev–Trinajstić information content (AvgIpc) is 3.91. The van der Waals surface area contributed by atoms with E-state index in [9.17, 15) is 0 Å². The molecule has 0 amide bonds. The molecule has 3 aromatic heterocycles. The van der Waals surface area contributed by atoms with Crippen LogP contribution in [0.1, 0.15) is 0 Å². The third-order valence-corrected chi connectivity index (χ3v) is 14.4. The predicted octanol–water partition coefficient (Wildman–Crippen LogP) is 16.9. The van der Waals surface area contributed by atoms with E-state index in [1.54, 1.807) is 0 Å². The van der Waals surface area contributed by atoms with Crippen molar-refractivity contribution in [3.05, 3.63) is 231 Å². The zero-order chi connectivity index (χ0) is 44.5. The zero-order valence-corrected chi connectivity index (χ0v) is 36.7. The number of fused-ring (bicyclic) bond motifs is 14. The van der Waals surface area contributed by atoms with Crippen molar-refractivity contribution in [1.82, 2.24) is 19.1 Å². The molecule has 0 saturated carbocycles. The number of benzene rings is 12. The molecule has 12 aromatic carbocycles. The Hall–Kier alpha value is -9.12. The van der Waals surface area contributed by atoms with Gasteiger partial charge in [0.1, 0.15) is 0 Å². The molecular weight excluding hydrogens is 825 g/mol. The van der Waals surface area contributed by atoms with Gasteiger partial charge in [-0.1, -0.05) is 176 Å². The van der Waals surface area contributed by atoms with Gasteiger partial charge in [0.15, 0.2) is 5.82 Å². The Bertz CT molecular complexity index is 4630. The fourth-order valence-corrected chi connectivity index (χ4v) is 11.4. The minimum atomic E-state index is 0.692. The Morgan fingerprint density at radius 1 is 0.279 bits per heavy atom. The van der Waals surface area contributed by atoms with E-state index in [2.05, 4.69) is 240 Å². The van der Waals surface area contributed by atoms with E-state index in [4.69, 9.17) is 9.97 Å². The Balaban J connectivity index is 0.992. The third-order valence-electron chi connectivity index (χ3n) is 14.4. The third kappa shape index (κ3) is 5.31. The quantitative estimate of drug-likeness (QED) is 0.165. The van der Waals surface area contributed by atoms with Gasteiger partial charge < -0.3 is 9.13 Å². The maximum Gasteiger partial charge on any atom is 0.160 e. The summed E-state index contributed by atoms with van der Waals surface area (Å²) in [5.74, 6) is 0.692. The molecule has 15 aromatic rings. The molecule has 3 heterocycles. The van der Waals surface area contributed by atoms with Crippen LogP contribution in [-0.4, -0.2) is 19.1 Å². The van der Waals surface area contributed by atoms with Crippen LogP contribution in [0.3, 0.4) is 0 Å². The SMILES string of the molecule is c1ccc2c(-n3c4ccccc4c4cc5c(-n6c7ccccc7c7ccc8ccccc8c76)cccc5cc43)cc(-c3nc(-c4cc5ccccc5c5ccccc45)c4ccccc4n3)cc2c1. The van der Waals surface area contributed by atoms with Crippen LogP contribution < -0.4 is 0 Å². The van der Waals surface area contributed by atoms with Gasteiger partial charge in [0.25, 0.3) is 0 Å². The van der Waals surface area contributed by atoms with E-state index < -0.39 is 0 Å². The molecule has 0 N–H and O–H groups in total. The molecule has 4 nitrogen and oxygen atoms in total. The lowest BCUT2D eigenvalue weighted by Crippen LogP contribution is -2.00. The molecule has 0 fully saturated rings. The Morgan fingerprint density at radius 3 is 1.68 bits per heavy atom. The van der Waals surface area contributed by atoms with Gasteiger partial charge in [0.05, 0.1) is 44.7 Å². The van der Waals surface area contributed by atoms with Gasteiger partial charge in [-0.05, 0) is 92.3 Å². The molecule has 314 valence electrons. The van der Waals surface area contributed by atoms with Gasteiger partial charge in [-0.25, -0.2) is 9.97 Å². The second kappa shape index (κ2) is 14.2. The van der Waals surface area contributed by atoms with Crippen molar-refractivity contribution in [2.45, 2.75) is 0 Å². The molecule has 0 unspecified atom stereocenters. The standard InChI is InChI=1S/C64H38N4/c1-6-22-46-39(16-1)32-33-51-49-25-10-14-30-58(49)68(63(46)51)59-31-15-19-42-36-61-54(38-53(42)59)50-26-11-13-29-57(50)67(61)60-37-43(34-40-17-3-5-21-45(40)60)64-65-56-28-12-9-27-52(56)62(66-64)55-35-41-18-2-4-20-44(41)47-23-7-8-24-48(47)55/h1-38H. The molecule has 4 heteroatoms. The van der Waals surface area contributed by atoms with Crippen molar-refractivity contribution in [2.75, 3.05) is 0 Å². The summed E-state index contributed by atoms with van der Waals surface area (Å²) in [5.41, 5.74) is 10.9. The van der Waals surface area contributed by atoms with Crippen LogP contribution in [0, 0.1) is 0 Å². The number of hydrogen-bond acceptors (Lipinski definition) is 2.